The summed E-state index contributed by atoms with van der Waals surface area (Å²) >= 11 is 0. The molecule has 0 aliphatic heterocycles. The van der Waals surface area contributed by atoms with Gasteiger partial charge in [-0.25, -0.2) is 0 Å². The Bertz CT molecular complexity index is 590. The van der Waals surface area contributed by atoms with E-state index in [9.17, 15) is 13.2 Å². The van der Waals surface area contributed by atoms with Gasteiger partial charge in [-0.2, -0.15) is 13.2 Å². The van der Waals surface area contributed by atoms with Crippen molar-refractivity contribution in [3.8, 4) is 0 Å². The number of nitrogens with one attached hydrogen (secondary N) is 1. The van der Waals surface area contributed by atoms with Crippen LogP contribution in [0.4, 0.5) is 13.2 Å². The summed E-state index contributed by atoms with van der Waals surface area (Å²) in [5.74, 6) is 0. The molecule has 2 aromatic carbocycles. The molecule has 20 heavy (non-hydrogen) atoms. The third kappa shape index (κ3) is 3.02. The maximum absolute atomic E-state index is 12.8. The zero-order valence-electron chi connectivity index (χ0n) is 11.3. The number of halogens is 3. The van der Waals surface area contributed by atoms with Crippen molar-refractivity contribution in [2.45, 2.75) is 19.1 Å². The van der Waals surface area contributed by atoms with E-state index in [-0.39, 0.29) is 6.04 Å². The summed E-state index contributed by atoms with van der Waals surface area (Å²) < 4.78 is 38.4. The van der Waals surface area contributed by atoms with E-state index in [1.807, 2.05) is 31.2 Å². The number of hydrogen-bond donors (Lipinski definition) is 1. The molecule has 2 rings (SSSR count). The monoisotopic (exact) mass is 279 g/mol. The Morgan fingerprint density at radius 3 is 2.30 bits per heavy atom. The molecular weight excluding hydrogens is 263 g/mol. The second-order valence-electron chi connectivity index (χ2n) is 4.70. The standard InChI is InChI=1S/C16H16F3N/c1-11-6-3-4-9-14(11)15(20-2)12-7-5-8-13(10-12)16(17,18)19/h3-10,15,20H,1-2H3. The molecule has 0 aromatic heterocycles. The molecule has 1 N–H and O–H groups in total. The number of alkyl halides is 3. The Balaban J connectivity index is 2.46. The number of benzene rings is 2. The van der Waals surface area contributed by atoms with Gasteiger partial charge in [0.05, 0.1) is 11.6 Å². The van der Waals surface area contributed by atoms with Gasteiger partial charge in [-0.15, -0.1) is 0 Å². The quantitative estimate of drug-likeness (QED) is 0.882. The van der Waals surface area contributed by atoms with E-state index in [1.54, 1.807) is 13.1 Å². The number of rotatable bonds is 3. The fourth-order valence-corrected chi connectivity index (χ4v) is 2.31. The Labute approximate surface area is 116 Å². The average Bonchev–Trinajstić information content (AvgIpc) is 2.41. The zero-order chi connectivity index (χ0) is 14.8. The molecule has 1 nitrogen and oxygen atoms in total. The summed E-state index contributed by atoms with van der Waals surface area (Å²) in [7, 11) is 1.75. The van der Waals surface area contributed by atoms with E-state index < -0.39 is 11.7 Å². The molecule has 0 spiro atoms. The van der Waals surface area contributed by atoms with Crippen molar-refractivity contribution in [1.29, 1.82) is 0 Å². The SMILES string of the molecule is CNC(c1cccc(C(F)(F)F)c1)c1ccccc1C. The largest absolute Gasteiger partial charge is 0.416 e. The summed E-state index contributed by atoms with van der Waals surface area (Å²) in [5.41, 5.74) is 2.01. The Kier molecular flexibility index (Phi) is 4.14. The average molecular weight is 279 g/mol. The molecule has 0 saturated heterocycles. The Hall–Kier alpha value is -1.81. The molecule has 0 radical (unpaired) electrons. The van der Waals surface area contributed by atoms with Gasteiger partial charge in [0.1, 0.15) is 0 Å². The summed E-state index contributed by atoms with van der Waals surface area (Å²) in [6.07, 6.45) is -4.32. The van der Waals surface area contributed by atoms with Crippen molar-refractivity contribution in [2.75, 3.05) is 7.05 Å². The topological polar surface area (TPSA) is 12.0 Å². The summed E-state index contributed by atoms with van der Waals surface area (Å²) in [6.45, 7) is 1.95. The fourth-order valence-electron chi connectivity index (χ4n) is 2.31. The van der Waals surface area contributed by atoms with Crippen LogP contribution in [0.3, 0.4) is 0 Å². The van der Waals surface area contributed by atoms with Crippen LogP contribution >= 0.6 is 0 Å². The van der Waals surface area contributed by atoms with Crippen LogP contribution in [0.1, 0.15) is 28.3 Å². The maximum atomic E-state index is 12.8. The van der Waals surface area contributed by atoms with E-state index in [1.165, 1.54) is 12.1 Å². The van der Waals surface area contributed by atoms with Crippen LogP contribution < -0.4 is 5.32 Å². The molecule has 106 valence electrons. The second-order valence-corrected chi connectivity index (χ2v) is 4.70. The third-order valence-electron chi connectivity index (χ3n) is 3.34. The molecule has 0 saturated carbocycles. The van der Waals surface area contributed by atoms with Crippen LogP contribution in [0.5, 0.6) is 0 Å². The minimum atomic E-state index is -4.32. The summed E-state index contributed by atoms with van der Waals surface area (Å²) in [4.78, 5) is 0. The van der Waals surface area contributed by atoms with Gasteiger partial charge in [0.2, 0.25) is 0 Å². The molecule has 0 bridgehead atoms. The predicted molar refractivity (Wildman–Crippen MR) is 73.5 cm³/mol. The third-order valence-corrected chi connectivity index (χ3v) is 3.34. The highest BCUT2D eigenvalue weighted by Crippen LogP contribution is 2.32. The Morgan fingerprint density at radius 1 is 1.00 bits per heavy atom. The lowest BCUT2D eigenvalue weighted by atomic mass is 9.94. The molecular formula is C16H16F3N. The molecule has 1 atom stereocenters. The first kappa shape index (κ1) is 14.6. The molecule has 0 fully saturated rings. The van der Waals surface area contributed by atoms with Crippen molar-refractivity contribution >= 4 is 0 Å². The molecule has 4 heteroatoms. The first-order valence-corrected chi connectivity index (χ1v) is 6.33. The first-order valence-electron chi connectivity index (χ1n) is 6.33. The van der Waals surface area contributed by atoms with Crippen molar-refractivity contribution < 1.29 is 13.2 Å². The Morgan fingerprint density at radius 2 is 1.70 bits per heavy atom. The van der Waals surface area contributed by atoms with Crippen LogP contribution in [0, 0.1) is 6.92 Å². The highest BCUT2D eigenvalue weighted by Gasteiger charge is 2.31. The predicted octanol–water partition coefficient (Wildman–Crippen LogP) is 4.32. The van der Waals surface area contributed by atoms with Gasteiger partial charge in [0.15, 0.2) is 0 Å². The first-order chi connectivity index (χ1) is 9.43. The van der Waals surface area contributed by atoms with Crippen LogP contribution in [0.25, 0.3) is 0 Å². The molecule has 1 unspecified atom stereocenters. The lowest BCUT2D eigenvalue weighted by Crippen LogP contribution is -2.19. The minimum Gasteiger partial charge on any atom is -0.309 e. The van der Waals surface area contributed by atoms with Crippen LogP contribution in [0.15, 0.2) is 48.5 Å². The molecule has 2 aromatic rings. The lowest BCUT2D eigenvalue weighted by Gasteiger charge is -2.20. The normalized spacial score (nSPS) is 13.2. The van der Waals surface area contributed by atoms with Crippen molar-refractivity contribution in [3.05, 3.63) is 70.8 Å². The molecule has 0 heterocycles. The van der Waals surface area contributed by atoms with E-state index in [2.05, 4.69) is 5.32 Å². The highest BCUT2D eigenvalue weighted by molar-refractivity contribution is 5.38. The van der Waals surface area contributed by atoms with E-state index in [0.717, 1.165) is 17.2 Å². The van der Waals surface area contributed by atoms with Gasteiger partial charge in [0, 0.05) is 0 Å². The van der Waals surface area contributed by atoms with Gasteiger partial charge in [-0.1, -0.05) is 36.4 Å². The lowest BCUT2D eigenvalue weighted by molar-refractivity contribution is -0.137. The molecule has 0 aliphatic carbocycles. The van der Waals surface area contributed by atoms with Crippen molar-refractivity contribution in [1.82, 2.24) is 5.32 Å². The van der Waals surface area contributed by atoms with Gasteiger partial charge in [-0.3, -0.25) is 0 Å². The van der Waals surface area contributed by atoms with E-state index in [4.69, 9.17) is 0 Å². The highest BCUT2D eigenvalue weighted by atomic mass is 19.4. The van der Waals surface area contributed by atoms with E-state index >= 15 is 0 Å². The zero-order valence-corrected chi connectivity index (χ0v) is 11.3. The number of hydrogen-bond acceptors (Lipinski definition) is 1. The second kappa shape index (κ2) is 5.67. The smallest absolute Gasteiger partial charge is 0.309 e. The number of aryl methyl sites for hydroxylation is 1. The fraction of sp³-hybridized carbons (Fsp3) is 0.250. The summed E-state index contributed by atoms with van der Waals surface area (Å²) in [6, 6.07) is 12.9. The minimum absolute atomic E-state index is 0.251. The van der Waals surface area contributed by atoms with Gasteiger partial charge >= 0.3 is 6.18 Å². The van der Waals surface area contributed by atoms with Crippen molar-refractivity contribution in [2.24, 2.45) is 0 Å². The molecule has 0 aliphatic rings. The van der Waals surface area contributed by atoms with Crippen LogP contribution in [-0.4, -0.2) is 7.05 Å². The van der Waals surface area contributed by atoms with Crippen LogP contribution in [0.2, 0.25) is 0 Å². The van der Waals surface area contributed by atoms with Gasteiger partial charge < -0.3 is 5.32 Å². The molecule has 0 amide bonds. The van der Waals surface area contributed by atoms with Gasteiger partial charge in [0.25, 0.3) is 0 Å². The van der Waals surface area contributed by atoms with Crippen molar-refractivity contribution in [3.63, 3.8) is 0 Å². The van der Waals surface area contributed by atoms with Crippen LogP contribution in [-0.2, 0) is 6.18 Å². The summed E-state index contributed by atoms with van der Waals surface area (Å²) in [5, 5.41) is 3.09. The van der Waals surface area contributed by atoms with Gasteiger partial charge in [-0.05, 0) is 42.8 Å². The van der Waals surface area contributed by atoms with E-state index in [0.29, 0.717) is 5.56 Å². The maximum Gasteiger partial charge on any atom is 0.416 e.